The number of aryl methyl sites for hydroxylation is 1. The molecule has 5 nitrogen and oxygen atoms in total. The maximum absolute atomic E-state index is 11.9. The molecule has 0 radical (unpaired) electrons. The molecule has 21 heavy (non-hydrogen) atoms. The van der Waals surface area contributed by atoms with Crippen LogP contribution in [-0.2, 0) is 7.05 Å². The molecular formula is C15H15N3O2S. The average molecular weight is 301 g/mol. The third-order valence-electron chi connectivity index (χ3n) is 3.20. The van der Waals surface area contributed by atoms with Gasteiger partial charge in [0.2, 0.25) is 0 Å². The van der Waals surface area contributed by atoms with Gasteiger partial charge in [-0.2, -0.15) is 5.10 Å². The highest BCUT2D eigenvalue weighted by Gasteiger charge is 2.14. The second-order valence-corrected chi connectivity index (χ2v) is 5.93. The minimum atomic E-state index is -0.706. The van der Waals surface area contributed by atoms with Gasteiger partial charge in [0.15, 0.2) is 0 Å². The van der Waals surface area contributed by atoms with Crippen molar-refractivity contribution in [2.24, 2.45) is 7.05 Å². The molecule has 3 rings (SSSR count). The van der Waals surface area contributed by atoms with Gasteiger partial charge in [0.25, 0.3) is 5.91 Å². The molecule has 0 aliphatic heterocycles. The second kappa shape index (κ2) is 5.67. The van der Waals surface area contributed by atoms with E-state index in [0.717, 1.165) is 15.0 Å². The summed E-state index contributed by atoms with van der Waals surface area (Å²) in [5.74, 6) is -0.233. The Morgan fingerprint density at radius 1 is 1.48 bits per heavy atom. The van der Waals surface area contributed by atoms with Gasteiger partial charge in [-0.25, -0.2) is 0 Å². The van der Waals surface area contributed by atoms with Crippen molar-refractivity contribution >= 4 is 27.3 Å². The van der Waals surface area contributed by atoms with E-state index in [1.165, 1.54) is 17.5 Å². The quantitative estimate of drug-likeness (QED) is 0.775. The Morgan fingerprint density at radius 2 is 2.29 bits per heavy atom. The third kappa shape index (κ3) is 2.96. The molecule has 2 aromatic heterocycles. The minimum Gasteiger partial charge on any atom is -0.386 e. The lowest BCUT2D eigenvalue weighted by Gasteiger charge is -2.09. The molecule has 108 valence electrons. The van der Waals surface area contributed by atoms with Gasteiger partial charge in [0.05, 0.1) is 11.8 Å². The van der Waals surface area contributed by atoms with E-state index in [4.69, 9.17) is 0 Å². The molecule has 0 aliphatic carbocycles. The number of carbonyl (C=O) groups is 1. The number of aliphatic hydroxyl groups is 1. The predicted octanol–water partition coefficient (Wildman–Crippen LogP) is 2.10. The number of hydrogen-bond acceptors (Lipinski definition) is 4. The van der Waals surface area contributed by atoms with Gasteiger partial charge in [-0.3, -0.25) is 9.48 Å². The lowest BCUT2D eigenvalue weighted by atomic mass is 10.2. The molecule has 6 heteroatoms. The smallest absolute Gasteiger partial charge is 0.254 e. The van der Waals surface area contributed by atoms with Crippen molar-refractivity contribution in [1.29, 1.82) is 0 Å². The molecule has 0 spiro atoms. The second-order valence-electron chi connectivity index (χ2n) is 4.82. The van der Waals surface area contributed by atoms with Gasteiger partial charge in [0, 0.05) is 29.4 Å². The summed E-state index contributed by atoms with van der Waals surface area (Å²) in [7, 11) is 1.75. The van der Waals surface area contributed by atoms with Gasteiger partial charge < -0.3 is 10.4 Å². The molecule has 2 heterocycles. The van der Waals surface area contributed by atoms with Crippen molar-refractivity contribution in [3.8, 4) is 0 Å². The highest BCUT2D eigenvalue weighted by Crippen LogP contribution is 2.29. The van der Waals surface area contributed by atoms with Crippen LogP contribution in [0.25, 0.3) is 10.1 Å². The summed E-state index contributed by atoms with van der Waals surface area (Å²) in [6, 6.07) is 9.93. The van der Waals surface area contributed by atoms with Gasteiger partial charge in [-0.1, -0.05) is 18.2 Å². The van der Waals surface area contributed by atoms with E-state index >= 15 is 0 Å². The molecule has 1 aromatic carbocycles. The Morgan fingerprint density at radius 3 is 3.00 bits per heavy atom. The number of nitrogens with one attached hydrogen (secondary N) is 1. The Bertz CT molecular complexity index is 745. The zero-order valence-corrected chi connectivity index (χ0v) is 12.3. The standard InChI is InChI=1S/C15H15N3O2S/c1-18-9-11(7-17-18)15(20)16-8-12(19)14-6-10-4-2-3-5-13(10)21-14/h2-7,9,12,19H,8H2,1H3,(H,16,20). The first-order chi connectivity index (χ1) is 10.1. The van der Waals surface area contributed by atoms with Crippen LogP contribution in [0.2, 0.25) is 0 Å². The molecule has 1 amide bonds. The zero-order chi connectivity index (χ0) is 14.8. The van der Waals surface area contributed by atoms with Crippen molar-refractivity contribution < 1.29 is 9.90 Å². The van der Waals surface area contributed by atoms with Crippen LogP contribution in [0.3, 0.4) is 0 Å². The van der Waals surface area contributed by atoms with Crippen molar-refractivity contribution in [1.82, 2.24) is 15.1 Å². The molecule has 0 saturated carbocycles. The van der Waals surface area contributed by atoms with Crippen molar-refractivity contribution in [2.75, 3.05) is 6.54 Å². The van der Waals surface area contributed by atoms with E-state index in [9.17, 15) is 9.90 Å². The van der Waals surface area contributed by atoms with E-state index < -0.39 is 6.10 Å². The van der Waals surface area contributed by atoms with Crippen molar-refractivity contribution in [3.63, 3.8) is 0 Å². The van der Waals surface area contributed by atoms with Gasteiger partial charge in [0.1, 0.15) is 6.10 Å². The summed E-state index contributed by atoms with van der Waals surface area (Å²) >= 11 is 1.54. The van der Waals surface area contributed by atoms with Crippen LogP contribution in [0, 0.1) is 0 Å². The number of aromatic nitrogens is 2. The number of rotatable bonds is 4. The van der Waals surface area contributed by atoms with Gasteiger partial charge >= 0.3 is 0 Å². The summed E-state index contributed by atoms with van der Waals surface area (Å²) in [5.41, 5.74) is 0.487. The number of amides is 1. The van der Waals surface area contributed by atoms with Crippen LogP contribution in [-0.4, -0.2) is 27.3 Å². The summed E-state index contributed by atoms with van der Waals surface area (Å²) in [6.45, 7) is 0.181. The van der Waals surface area contributed by atoms with Crippen LogP contribution in [0.1, 0.15) is 21.3 Å². The summed E-state index contributed by atoms with van der Waals surface area (Å²) in [5, 5.41) is 18.0. The number of carbonyl (C=O) groups excluding carboxylic acids is 1. The Balaban J connectivity index is 1.66. The molecule has 1 unspecified atom stereocenters. The van der Waals surface area contributed by atoms with Crippen molar-refractivity contribution in [3.05, 3.63) is 53.2 Å². The molecule has 0 fully saturated rings. The minimum absolute atomic E-state index is 0.181. The van der Waals surface area contributed by atoms with Crippen LogP contribution in [0.15, 0.2) is 42.7 Å². The maximum Gasteiger partial charge on any atom is 0.254 e. The van der Waals surface area contributed by atoms with E-state index in [-0.39, 0.29) is 12.5 Å². The number of fused-ring (bicyclic) bond motifs is 1. The molecule has 0 saturated heterocycles. The number of benzene rings is 1. The van der Waals surface area contributed by atoms with E-state index in [1.54, 1.807) is 17.9 Å². The first kappa shape index (κ1) is 13.8. The normalized spacial score (nSPS) is 12.5. The number of thiophene rings is 1. The Kier molecular flexibility index (Phi) is 3.72. The highest BCUT2D eigenvalue weighted by atomic mass is 32.1. The SMILES string of the molecule is Cn1cc(C(=O)NCC(O)c2cc3ccccc3s2)cn1. The highest BCUT2D eigenvalue weighted by molar-refractivity contribution is 7.19. The largest absolute Gasteiger partial charge is 0.386 e. The predicted molar refractivity (Wildman–Crippen MR) is 82.3 cm³/mol. The zero-order valence-electron chi connectivity index (χ0n) is 11.5. The molecule has 2 N–H and O–H groups in total. The van der Waals surface area contributed by atoms with Gasteiger partial charge in [-0.15, -0.1) is 11.3 Å². The molecule has 1 atom stereocenters. The van der Waals surface area contributed by atoms with E-state index in [1.807, 2.05) is 30.3 Å². The summed E-state index contributed by atoms with van der Waals surface area (Å²) in [4.78, 5) is 12.7. The molecular weight excluding hydrogens is 286 g/mol. The summed E-state index contributed by atoms with van der Waals surface area (Å²) in [6.07, 6.45) is 2.44. The fraction of sp³-hybridized carbons (Fsp3) is 0.200. The lowest BCUT2D eigenvalue weighted by molar-refractivity contribution is 0.0918. The Hall–Kier alpha value is -2.18. The van der Waals surface area contributed by atoms with Gasteiger partial charge in [-0.05, 0) is 17.5 Å². The van der Waals surface area contributed by atoms with Crippen LogP contribution in [0.5, 0.6) is 0 Å². The topological polar surface area (TPSA) is 67.2 Å². The fourth-order valence-electron chi connectivity index (χ4n) is 2.10. The van der Waals surface area contributed by atoms with Crippen LogP contribution < -0.4 is 5.32 Å². The molecule has 0 bridgehead atoms. The first-order valence-corrected chi connectivity index (χ1v) is 7.38. The van der Waals surface area contributed by atoms with Crippen molar-refractivity contribution in [2.45, 2.75) is 6.10 Å². The van der Waals surface area contributed by atoms with Crippen LogP contribution in [0.4, 0.5) is 0 Å². The molecule has 0 aliphatic rings. The van der Waals surface area contributed by atoms with Crippen LogP contribution >= 0.6 is 11.3 Å². The third-order valence-corrected chi connectivity index (χ3v) is 4.41. The fourth-order valence-corrected chi connectivity index (χ4v) is 3.15. The number of aliphatic hydroxyl groups excluding tert-OH is 1. The first-order valence-electron chi connectivity index (χ1n) is 6.57. The van der Waals surface area contributed by atoms with E-state index in [0.29, 0.717) is 5.56 Å². The monoisotopic (exact) mass is 301 g/mol. The molecule has 3 aromatic rings. The lowest BCUT2D eigenvalue weighted by Crippen LogP contribution is -2.27. The average Bonchev–Trinajstić information content (AvgIpc) is 3.10. The van der Waals surface area contributed by atoms with E-state index in [2.05, 4.69) is 10.4 Å². The Labute approximate surface area is 125 Å². The number of nitrogens with zero attached hydrogens (tertiary/aromatic N) is 2. The summed E-state index contributed by atoms with van der Waals surface area (Å²) < 4.78 is 2.70. The maximum atomic E-state index is 11.9. The number of hydrogen-bond donors (Lipinski definition) is 2.